The van der Waals surface area contributed by atoms with E-state index in [0.29, 0.717) is 32.1 Å². The normalized spacial score (nSPS) is 32.9. The minimum Gasteiger partial charge on any atom is -0.467 e. The summed E-state index contributed by atoms with van der Waals surface area (Å²) in [6.45, 7) is 9.58. The lowest BCUT2D eigenvalue weighted by Crippen LogP contribution is -2.56. The predicted octanol–water partition coefficient (Wildman–Crippen LogP) is 0.820. The van der Waals surface area contributed by atoms with E-state index in [4.69, 9.17) is 9.47 Å². The number of likely N-dealkylation sites (tertiary alicyclic amines) is 1. The van der Waals surface area contributed by atoms with E-state index in [0.717, 1.165) is 0 Å². The number of carbonyl (C=O) groups is 3. The van der Waals surface area contributed by atoms with Crippen molar-refractivity contribution in [2.45, 2.75) is 46.2 Å². The highest BCUT2D eigenvalue weighted by molar-refractivity contribution is 5.92. The van der Waals surface area contributed by atoms with Crippen molar-refractivity contribution in [3.8, 4) is 0 Å². The van der Waals surface area contributed by atoms with Gasteiger partial charge in [0.2, 0.25) is 11.8 Å². The largest absolute Gasteiger partial charge is 0.467 e. The number of ether oxygens (including phenoxy) is 2. The van der Waals surface area contributed by atoms with E-state index < -0.39 is 12.1 Å². The lowest BCUT2D eigenvalue weighted by Gasteiger charge is -2.33. The van der Waals surface area contributed by atoms with E-state index in [2.05, 4.69) is 19.2 Å². The quantitative estimate of drug-likeness (QED) is 0.728. The Morgan fingerprint density at radius 1 is 1.27 bits per heavy atom. The van der Waals surface area contributed by atoms with Gasteiger partial charge < -0.3 is 19.7 Å². The summed E-state index contributed by atoms with van der Waals surface area (Å²) in [6.07, 6.45) is 0.678. The molecule has 7 heteroatoms. The number of piperidine rings is 1. The molecule has 0 unspecified atom stereocenters. The second-order valence-corrected chi connectivity index (χ2v) is 8.70. The molecule has 7 nitrogen and oxygen atoms in total. The van der Waals surface area contributed by atoms with Crippen molar-refractivity contribution in [2.24, 2.45) is 29.1 Å². The van der Waals surface area contributed by atoms with Gasteiger partial charge in [-0.2, -0.15) is 0 Å². The monoisotopic (exact) mass is 366 g/mol. The molecule has 1 aliphatic carbocycles. The van der Waals surface area contributed by atoms with Gasteiger partial charge in [-0.05, 0) is 23.7 Å². The first-order valence-electron chi connectivity index (χ1n) is 9.46. The van der Waals surface area contributed by atoms with Gasteiger partial charge in [-0.3, -0.25) is 9.59 Å². The first kappa shape index (κ1) is 19.1. The van der Waals surface area contributed by atoms with Crippen LogP contribution in [0.2, 0.25) is 0 Å². The summed E-state index contributed by atoms with van der Waals surface area (Å²) in [6, 6.07) is -1.20. The van der Waals surface area contributed by atoms with Crippen LogP contribution >= 0.6 is 0 Å². The van der Waals surface area contributed by atoms with Crippen molar-refractivity contribution in [3.05, 3.63) is 0 Å². The van der Waals surface area contributed by atoms with E-state index in [1.165, 1.54) is 7.11 Å². The van der Waals surface area contributed by atoms with Gasteiger partial charge in [-0.1, -0.05) is 27.7 Å². The van der Waals surface area contributed by atoms with Crippen LogP contribution in [0.1, 0.15) is 34.1 Å². The van der Waals surface area contributed by atoms with E-state index in [-0.39, 0.29) is 41.0 Å². The molecule has 1 saturated carbocycles. The first-order valence-corrected chi connectivity index (χ1v) is 9.46. The number of nitrogens with one attached hydrogen (secondary N) is 1. The third kappa shape index (κ3) is 3.10. The van der Waals surface area contributed by atoms with Gasteiger partial charge in [-0.25, -0.2) is 4.79 Å². The number of hydrogen-bond acceptors (Lipinski definition) is 5. The molecule has 0 aromatic rings. The molecule has 0 aromatic carbocycles. The molecule has 3 fully saturated rings. The fourth-order valence-electron chi connectivity index (χ4n) is 4.61. The standard InChI is InChI=1S/C19H30N2O5/c1-10(2)14(20-16(22)11-6-7-26-9-11)17(23)21-8-12-13(19(12,3)4)15(21)18(24)25-5/h10-15H,6-9H2,1-5H3,(H,20,22)/t11-,12-,13-,14-,15-/m0/s1. The van der Waals surface area contributed by atoms with Crippen LogP contribution in [0.5, 0.6) is 0 Å². The van der Waals surface area contributed by atoms with Crippen LogP contribution in [-0.4, -0.2) is 61.6 Å². The molecular weight excluding hydrogens is 336 g/mol. The number of fused-ring (bicyclic) bond motifs is 1. The molecule has 2 heterocycles. The maximum atomic E-state index is 13.2. The summed E-state index contributed by atoms with van der Waals surface area (Å²) >= 11 is 0. The first-order chi connectivity index (χ1) is 12.2. The van der Waals surface area contributed by atoms with Crippen LogP contribution in [-0.2, 0) is 23.9 Å². The van der Waals surface area contributed by atoms with Crippen LogP contribution in [0.4, 0.5) is 0 Å². The smallest absolute Gasteiger partial charge is 0.328 e. The van der Waals surface area contributed by atoms with E-state index in [1.54, 1.807) is 4.90 Å². The van der Waals surface area contributed by atoms with Crippen LogP contribution in [0.3, 0.4) is 0 Å². The van der Waals surface area contributed by atoms with Gasteiger partial charge in [0.15, 0.2) is 0 Å². The summed E-state index contributed by atoms with van der Waals surface area (Å²) in [4.78, 5) is 39.7. The Morgan fingerprint density at radius 2 is 1.96 bits per heavy atom. The summed E-state index contributed by atoms with van der Waals surface area (Å²) in [5.74, 6) is -0.537. The van der Waals surface area contributed by atoms with Crippen LogP contribution in [0.15, 0.2) is 0 Å². The molecule has 3 aliphatic rings. The SMILES string of the molecule is COC(=O)[C@@H]1[C@@H]2[C@H](CN1C(=O)[C@@H](NC(=O)[C@H]1CCOC1)C(C)C)C2(C)C. The zero-order valence-corrected chi connectivity index (χ0v) is 16.3. The Kier molecular flexibility index (Phi) is 5.03. The summed E-state index contributed by atoms with van der Waals surface area (Å²) in [5, 5.41) is 2.90. The Bertz CT molecular complexity index is 597. The van der Waals surface area contributed by atoms with Crippen molar-refractivity contribution in [2.75, 3.05) is 26.9 Å². The number of esters is 1. The molecule has 0 bridgehead atoms. The van der Waals surface area contributed by atoms with Gasteiger partial charge in [0.1, 0.15) is 12.1 Å². The summed E-state index contributed by atoms with van der Waals surface area (Å²) in [5.41, 5.74) is 0.0490. The highest BCUT2D eigenvalue weighted by atomic mass is 16.5. The topological polar surface area (TPSA) is 84.9 Å². The average molecular weight is 366 g/mol. The minimum absolute atomic E-state index is 0.0490. The maximum Gasteiger partial charge on any atom is 0.328 e. The fraction of sp³-hybridized carbons (Fsp3) is 0.842. The van der Waals surface area contributed by atoms with E-state index >= 15 is 0 Å². The van der Waals surface area contributed by atoms with Gasteiger partial charge in [0, 0.05) is 19.1 Å². The molecule has 0 spiro atoms. The van der Waals surface area contributed by atoms with Crippen molar-refractivity contribution in [1.29, 1.82) is 0 Å². The van der Waals surface area contributed by atoms with E-state index in [1.807, 2.05) is 13.8 Å². The Morgan fingerprint density at radius 3 is 2.50 bits per heavy atom. The maximum absolute atomic E-state index is 13.2. The molecule has 2 aliphatic heterocycles. The summed E-state index contributed by atoms with van der Waals surface area (Å²) < 4.78 is 10.2. The van der Waals surface area contributed by atoms with Gasteiger partial charge in [0.05, 0.1) is 19.6 Å². The molecule has 1 N–H and O–H groups in total. The van der Waals surface area contributed by atoms with E-state index in [9.17, 15) is 14.4 Å². The molecule has 0 aromatic heterocycles. The number of amides is 2. The van der Waals surface area contributed by atoms with Gasteiger partial charge in [0.25, 0.3) is 0 Å². The lowest BCUT2D eigenvalue weighted by molar-refractivity contribution is -0.154. The molecule has 2 saturated heterocycles. The number of methoxy groups -OCH3 is 1. The average Bonchev–Trinajstić information content (AvgIpc) is 3.07. The van der Waals surface area contributed by atoms with Crippen molar-refractivity contribution in [1.82, 2.24) is 10.2 Å². The van der Waals surface area contributed by atoms with Crippen LogP contribution in [0, 0.1) is 29.1 Å². The second-order valence-electron chi connectivity index (χ2n) is 8.70. The molecule has 0 radical (unpaired) electrons. The minimum atomic E-state index is -0.643. The molecule has 3 rings (SSSR count). The number of carbonyl (C=O) groups excluding carboxylic acids is 3. The molecular formula is C19H30N2O5. The third-order valence-corrected chi connectivity index (χ3v) is 6.47. The summed E-state index contributed by atoms with van der Waals surface area (Å²) in [7, 11) is 1.36. The van der Waals surface area contributed by atoms with Crippen LogP contribution in [0.25, 0.3) is 0 Å². The predicted molar refractivity (Wildman–Crippen MR) is 94.0 cm³/mol. The fourth-order valence-corrected chi connectivity index (χ4v) is 4.61. The Labute approximate surface area is 154 Å². The van der Waals surface area contributed by atoms with Crippen molar-refractivity contribution in [3.63, 3.8) is 0 Å². The van der Waals surface area contributed by atoms with Gasteiger partial charge >= 0.3 is 5.97 Å². The third-order valence-electron chi connectivity index (χ3n) is 6.47. The molecule has 146 valence electrons. The number of rotatable bonds is 5. The lowest BCUT2D eigenvalue weighted by atomic mass is 9.97. The Balaban J connectivity index is 1.74. The zero-order chi connectivity index (χ0) is 19.2. The van der Waals surface area contributed by atoms with Gasteiger partial charge in [-0.15, -0.1) is 0 Å². The number of hydrogen-bond donors (Lipinski definition) is 1. The second kappa shape index (κ2) is 6.83. The molecule has 2 amide bonds. The van der Waals surface area contributed by atoms with Crippen molar-refractivity contribution < 1.29 is 23.9 Å². The Hall–Kier alpha value is -1.63. The van der Waals surface area contributed by atoms with Crippen molar-refractivity contribution >= 4 is 17.8 Å². The molecule has 26 heavy (non-hydrogen) atoms. The molecule has 5 atom stereocenters. The highest BCUT2D eigenvalue weighted by Gasteiger charge is 2.70. The zero-order valence-electron chi connectivity index (χ0n) is 16.3. The highest BCUT2D eigenvalue weighted by Crippen LogP contribution is 2.65. The van der Waals surface area contributed by atoms with Crippen LogP contribution < -0.4 is 5.32 Å². The number of nitrogens with zero attached hydrogens (tertiary/aromatic N) is 1.